The Labute approximate surface area is 187 Å². The molecular weight excluding hydrogens is 430 g/mol. The number of para-hydroxylation sites is 1. The maximum absolute atomic E-state index is 12.6. The Morgan fingerprint density at radius 1 is 1.12 bits per heavy atom. The number of aryl methyl sites for hydroxylation is 1. The standard InChI is InChI=1S/C22H21N5O4S/c1-14(21(29)26(2)13-19-23-17-9-5-6-10-18(17)32-19)31-20(28)11-12-27-22(30)15-7-3-4-8-16(15)24-25-27/h3-10,14H,11-13H2,1-2H3. The maximum Gasteiger partial charge on any atom is 0.308 e. The van der Waals surface area contributed by atoms with Crippen LogP contribution in [0.5, 0.6) is 0 Å². The van der Waals surface area contributed by atoms with Crippen LogP contribution in [0, 0.1) is 0 Å². The lowest BCUT2D eigenvalue weighted by Gasteiger charge is -2.20. The average Bonchev–Trinajstić information content (AvgIpc) is 3.20. The van der Waals surface area contributed by atoms with Gasteiger partial charge in [-0.15, -0.1) is 16.4 Å². The number of hydrogen-bond acceptors (Lipinski definition) is 8. The molecule has 0 spiro atoms. The third-order valence-corrected chi connectivity index (χ3v) is 5.92. The maximum atomic E-state index is 12.6. The fourth-order valence-electron chi connectivity index (χ4n) is 3.25. The van der Waals surface area contributed by atoms with Crippen LogP contribution in [0.25, 0.3) is 21.1 Å². The van der Waals surface area contributed by atoms with Crippen LogP contribution < -0.4 is 5.56 Å². The molecule has 164 valence electrons. The van der Waals surface area contributed by atoms with Crippen LogP contribution in [0.3, 0.4) is 0 Å². The molecule has 1 unspecified atom stereocenters. The SMILES string of the molecule is CC(OC(=O)CCn1nnc2ccccc2c1=O)C(=O)N(C)Cc1nc2ccccc2s1. The lowest BCUT2D eigenvalue weighted by molar-refractivity contribution is -0.159. The number of fused-ring (bicyclic) bond motifs is 2. The second-order valence-electron chi connectivity index (χ2n) is 7.29. The molecule has 1 amide bonds. The van der Waals surface area contributed by atoms with Crippen molar-refractivity contribution in [2.75, 3.05) is 7.05 Å². The Kier molecular flexibility index (Phi) is 6.22. The molecule has 0 saturated heterocycles. The molecule has 9 nitrogen and oxygen atoms in total. The first-order valence-corrected chi connectivity index (χ1v) is 10.9. The second-order valence-corrected chi connectivity index (χ2v) is 8.40. The van der Waals surface area contributed by atoms with E-state index in [9.17, 15) is 14.4 Å². The zero-order chi connectivity index (χ0) is 22.7. The third-order valence-electron chi connectivity index (χ3n) is 4.90. The van der Waals surface area contributed by atoms with Gasteiger partial charge in [-0.3, -0.25) is 14.4 Å². The molecule has 0 N–H and O–H groups in total. The first-order valence-electron chi connectivity index (χ1n) is 10.0. The first-order chi connectivity index (χ1) is 15.4. The fourth-order valence-corrected chi connectivity index (χ4v) is 4.27. The molecule has 2 aromatic heterocycles. The number of amides is 1. The van der Waals surface area contributed by atoms with Gasteiger partial charge in [0.25, 0.3) is 11.5 Å². The lowest BCUT2D eigenvalue weighted by Crippen LogP contribution is -2.37. The van der Waals surface area contributed by atoms with Crippen LogP contribution in [-0.2, 0) is 27.4 Å². The van der Waals surface area contributed by atoms with Crippen molar-refractivity contribution in [1.29, 1.82) is 0 Å². The average molecular weight is 452 g/mol. The number of thiazole rings is 1. The summed E-state index contributed by atoms with van der Waals surface area (Å²) in [6.45, 7) is 1.86. The molecule has 0 aliphatic carbocycles. The van der Waals surface area contributed by atoms with Crippen LogP contribution in [0.1, 0.15) is 18.4 Å². The molecule has 0 fully saturated rings. The van der Waals surface area contributed by atoms with Crippen molar-refractivity contribution in [1.82, 2.24) is 24.9 Å². The van der Waals surface area contributed by atoms with Crippen molar-refractivity contribution >= 4 is 44.3 Å². The number of aromatic nitrogens is 4. The third kappa shape index (κ3) is 4.65. The van der Waals surface area contributed by atoms with Gasteiger partial charge >= 0.3 is 5.97 Å². The van der Waals surface area contributed by atoms with Crippen LogP contribution in [0.4, 0.5) is 0 Å². The Hall–Kier alpha value is -3.66. The summed E-state index contributed by atoms with van der Waals surface area (Å²) in [5, 5.41) is 9.06. The van der Waals surface area contributed by atoms with Crippen LogP contribution >= 0.6 is 11.3 Å². The Morgan fingerprint density at radius 2 is 1.84 bits per heavy atom. The molecule has 2 heterocycles. The highest BCUT2D eigenvalue weighted by molar-refractivity contribution is 7.18. The molecule has 2 aromatic carbocycles. The van der Waals surface area contributed by atoms with Gasteiger partial charge in [0, 0.05) is 7.05 Å². The number of hydrogen-bond donors (Lipinski definition) is 0. The smallest absolute Gasteiger partial charge is 0.308 e. The Balaban J connectivity index is 1.32. The van der Waals surface area contributed by atoms with Crippen molar-refractivity contribution in [2.24, 2.45) is 0 Å². The zero-order valence-corrected chi connectivity index (χ0v) is 18.4. The van der Waals surface area contributed by atoms with E-state index in [0.717, 1.165) is 19.9 Å². The highest BCUT2D eigenvalue weighted by Crippen LogP contribution is 2.22. The lowest BCUT2D eigenvalue weighted by atomic mass is 10.2. The summed E-state index contributed by atoms with van der Waals surface area (Å²) in [4.78, 5) is 43.3. The van der Waals surface area contributed by atoms with E-state index in [1.807, 2.05) is 24.3 Å². The van der Waals surface area contributed by atoms with E-state index in [-0.39, 0.29) is 24.4 Å². The molecule has 32 heavy (non-hydrogen) atoms. The van der Waals surface area contributed by atoms with E-state index in [2.05, 4.69) is 15.3 Å². The topological polar surface area (TPSA) is 107 Å². The molecule has 0 saturated carbocycles. The Morgan fingerprint density at radius 3 is 2.62 bits per heavy atom. The fraction of sp³-hybridized carbons (Fsp3) is 0.273. The normalized spacial score (nSPS) is 12.1. The number of esters is 1. The van der Waals surface area contributed by atoms with Gasteiger partial charge in [0.1, 0.15) is 10.5 Å². The summed E-state index contributed by atoms with van der Waals surface area (Å²) in [5.41, 5.74) is 1.05. The molecule has 0 bridgehead atoms. The van der Waals surface area contributed by atoms with Crippen molar-refractivity contribution in [3.05, 3.63) is 63.9 Å². The summed E-state index contributed by atoms with van der Waals surface area (Å²) >= 11 is 1.52. The molecule has 0 aliphatic heterocycles. The van der Waals surface area contributed by atoms with Gasteiger partial charge in [0.15, 0.2) is 6.10 Å². The number of carbonyl (C=O) groups excluding carboxylic acids is 2. The van der Waals surface area contributed by atoms with Crippen molar-refractivity contribution in [2.45, 2.75) is 32.5 Å². The van der Waals surface area contributed by atoms with E-state index in [1.54, 1.807) is 31.3 Å². The predicted molar refractivity (Wildman–Crippen MR) is 120 cm³/mol. The minimum Gasteiger partial charge on any atom is -0.452 e. The Bertz CT molecular complexity index is 1320. The molecule has 0 radical (unpaired) electrons. The van der Waals surface area contributed by atoms with Gasteiger partial charge in [-0.1, -0.05) is 29.5 Å². The number of rotatable bonds is 7. The zero-order valence-electron chi connectivity index (χ0n) is 17.6. The largest absolute Gasteiger partial charge is 0.452 e. The van der Waals surface area contributed by atoms with Crippen LogP contribution in [0.15, 0.2) is 53.3 Å². The van der Waals surface area contributed by atoms with Gasteiger partial charge < -0.3 is 9.64 Å². The number of nitrogens with zero attached hydrogens (tertiary/aromatic N) is 5. The number of carbonyl (C=O) groups is 2. The molecular formula is C22H21N5O4S. The van der Waals surface area contributed by atoms with Gasteiger partial charge in [0.05, 0.1) is 35.1 Å². The summed E-state index contributed by atoms with van der Waals surface area (Å²) < 4.78 is 7.44. The van der Waals surface area contributed by atoms with Crippen LogP contribution in [0.2, 0.25) is 0 Å². The molecule has 1 atom stereocenters. The summed E-state index contributed by atoms with van der Waals surface area (Å²) in [6, 6.07) is 14.6. The van der Waals surface area contributed by atoms with Crippen molar-refractivity contribution in [3.63, 3.8) is 0 Å². The molecule has 10 heteroatoms. The van der Waals surface area contributed by atoms with E-state index in [0.29, 0.717) is 17.4 Å². The number of benzene rings is 2. The van der Waals surface area contributed by atoms with E-state index < -0.39 is 12.1 Å². The molecule has 4 aromatic rings. The van der Waals surface area contributed by atoms with Crippen LogP contribution in [-0.4, -0.2) is 49.9 Å². The second kappa shape index (κ2) is 9.23. The molecule has 4 rings (SSSR count). The summed E-state index contributed by atoms with van der Waals surface area (Å²) in [7, 11) is 1.64. The number of likely N-dealkylation sites (N-methyl/N-ethyl adjacent to an activating group) is 1. The van der Waals surface area contributed by atoms with Gasteiger partial charge in [-0.2, -0.15) is 0 Å². The monoisotopic (exact) mass is 451 g/mol. The number of ether oxygens (including phenoxy) is 1. The minimum atomic E-state index is -0.957. The highest BCUT2D eigenvalue weighted by atomic mass is 32.1. The summed E-state index contributed by atoms with van der Waals surface area (Å²) in [5.74, 6) is -0.929. The molecule has 0 aliphatic rings. The van der Waals surface area contributed by atoms with E-state index >= 15 is 0 Å². The first kappa shape index (κ1) is 21.6. The summed E-state index contributed by atoms with van der Waals surface area (Å²) in [6.07, 6.45) is -1.06. The highest BCUT2D eigenvalue weighted by Gasteiger charge is 2.22. The quantitative estimate of drug-likeness (QED) is 0.397. The van der Waals surface area contributed by atoms with Gasteiger partial charge in [0.2, 0.25) is 0 Å². The van der Waals surface area contributed by atoms with Gasteiger partial charge in [-0.05, 0) is 31.2 Å². The predicted octanol–water partition coefficient (Wildman–Crippen LogP) is 2.38. The minimum absolute atomic E-state index is 0.0119. The van der Waals surface area contributed by atoms with E-state index in [4.69, 9.17) is 4.74 Å². The van der Waals surface area contributed by atoms with Crippen molar-refractivity contribution in [3.8, 4) is 0 Å². The van der Waals surface area contributed by atoms with Crippen molar-refractivity contribution < 1.29 is 14.3 Å². The van der Waals surface area contributed by atoms with E-state index in [1.165, 1.54) is 23.2 Å². The van der Waals surface area contributed by atoms with Gasteiger partial charge in [-0.25, -0.2) is 9.67 Å².